The minimum Gasteiger partial charge on any atom is -0.370 e. The van der Waals surface area contributed by atoms with E-state index in [1.807, 2.05) is 19.1 Å². The molecule has 0 aliphatic heterocycles. The molecule has 8 heteroatoms. The van der Waals surface area contributed by atoms with Gasteiger partial charge in [0.25, 0.3) is 5.91 Å². The molecule has 1 N–H and O–H groups in total. The first kappa shape index (κ1) is 25.0. The number of anilines is 1. The van der Waals surface area contributed by atoms with Crippen LogP contribution in [0.1, 0.15) is 58.3 Å². The summed E-state index contributed by atoms with van der Waals surface area (Å²) in [5.74, 6) is 0.771. The zero-order valence-corrected chi connectivity index (χ0v) is 20.2. The number of hydrogen-bond acceptors (Lipinski definition) is 3. The van der Waals surface area contributed by atoms with Crippen LogP contribution in [0.3, 0.4) is 0 Å². The van der Waals surface area contributed by atoms with Gasteiger partial charge in [-0.1, -0.05) is 54.1 Å². The topological polar surface area (TPSA) is 45.2 Å². The lowest BCUT2D eigenvalue weighted by molar-refractivity contribution is -0.137. The van der Waals surface area contributed by atoms with E-state index in [1.165, 1.54) is 30.7 Å². The minimum atomic E-state index is -4.41. The molecule has 0 unspecified atom stereocenters. The highest BCUT2D eigenvalue weighted by molar-refractivity contribution is 6.31. The normalized spacial score (nSPS) is 13.5. The van der Waals surface area contributed by atoms with E-state index in [2.05, 4.69) is 22.4 Å². The van der Waals surface area contributed by atoms with Crippen molar-refractivity contribution >= 4 is 23.3 Å². The molecule has 35 heavy (non-hydrogen) atoms. The van der Waals surface area contributed by atoms with Crippen LogP contribution in [0.25, 0.3) is 0 Å². The lowest BCUT2D eigenvalue weighted by Crippen LogP contribution is -2.33. The van der Waals surface area contributed by atoms with Crippen molar-refractivity contribution in [2.75, 3.05) is 18.4 Å². The highest BCUT2D eigenvalue weighted by atomic mass is 35.5. The Hall–Kier alpha value is -3.06. The van der Waals surface area contributed by atoms with Gasteiger partial charge in [-0.3, -0.25) is 4.79 Å². The summed E-state index contributed by atoms with van der Waals surface area (Å²) in [5, 5.41) is 3.42. The summed E-state index contributed by atoms with van der Waals surface area (Å²) >= 11 is 6.14. The van der Waals surface area contributed by atoms with Gasteiger partial charge >= 0.3 is 6.18 Å². The second-order valence-corrected chi connectivity index (χ2v) is 9.21. The highest BCUT2D eigenvalue weighted by Gasteiger charge is 2.30. The first-order chi connectivity index (χ1) is 16.7. The quantitative estimate of drug-likeness (QED) is 0.345. The molecule has 3 aromatic rings. The SMILES string of the molecule is CCNc1ncc(Cl)cc1C(=O)N(CCc1cccc(C(F)(F)F)c1)Cc1ccc(C2CC2)cc1. The van der Waals surface area contributed by atoms with Gasteiger partial charge in [0.05, 0.1) is 16.1 Å². The van der Waals surface area contributed by atoms with Crippen molar-refractivity contribution < 1.29 is 18.0 Å². The number of rotatable bonds is 9. The monoisotopic (exact) mass is 501 g/mol. The number of pyridine rings is 1. The molecule has 4 nitrogen and oxygen atoms in total. The summed E-state index contributed by atoms with van der Waals surface area (Å²) in [6.45, 7) is 3.03. The fraction of sp³-hybridized carbons (Fsp3) is 0.333. The van der Waals surface area contributed by atoms with Gasteiger partial charge in [-0.15, -0.1) is 0 Å². The standard InChI is InChI=1S/C27H27ClF3N3O/c1-2-32-25-24(15-23(28)16-33-25)26(35)34(17-19-6-8-20(9-7-19)21-10-11-21)13-12-18-4-3-5-22(14-18)27(29,30)31/h3-9,14-16,21H,2,10-13,17H2,1H3,(H,32,33). The van der Waals surface area contributed by atoms with Crippen LogP contribution in [0, 0.1) is 0 Å². The Morgan fingerprint density at radius 3 is 2.51 bits per heavy atom. The van der Waals surface area contributed by atoms with Crippen LogP contribution in [0.2, 0.25) is 5.02 Å². The second kappa shape index (κ2) is 10.7. The van der Waals surface area contributed by atoms with E-state index in [0.717, 1.165) is 17.7 Å². The van der Waals surface area contributed by atoms with E-state index in [4.69, 9.17) is 11.6 Å². The van der Waals surface area contributed by atoms with Gasteiger partial charge < -0.3 is 10.2 Å². The Labute approximate surface area is 208 Å². The van der Waals surface area contributed by atoms with E-state index in [0.29, 0.717) is 41.0 Å². The summed E-state index contributed by atoms with van der Waals surface area (Å²) in [6, 6.07) is 15.0. The van der Waals surface area contributed by atoms with Crippen molar-refractivity contribution in [3.8, 4) is 0 Å². The molecule has 1 amide bonds. The van der Waals surface area contributed by atoms with Crippen molar-refractivity contribution in [1.82, 2.24) is 9.88 Å². The fourth-order valence-electron chi connectivity index (χ4n) is 4.03. The van der Waals surface area contributed by atoms with Crippen molar-refractivity contribution in [2.45, 2.75) is 44.8 Å². The van der Waals surface area contributed by atoms with Gasteiger partial charge in [0.1, 0.15) is 5.82 Å². The Morgan fingerprint density at radius 1 is 1.11 bits per heavy atom. The molecule has 1 fully saturated rings. The second-order valence-electron chi connectivity index (χ2n) is 8.77. The molecule has 0 atom stereocenters. The lowest BCUT2D eigenvalue weighted by Gasteiger charge is -2.24. The fourth-order valence-corrected chi connectivity index (χ4v) is 4.19. The highest BCUT2D eigenvalue weighted by Crippen LogP contribution is 2.40. The predicted octanol–water partition coefficient (Wildman–Crippen LogP) is 6.95. The molecule has 0 radical (unpaired) electrons. The lowest BCUT2D eigenvalue weighted by atomic mass is 10.1. The van der Waals surface area contributed by atoms with Gasteiger partial charge in [0.15, 0.2) is 0 Å². The van der Waals surface area contributed by atoms with Crippen LogP contribution >= 0.6 is 11.6 Å². The van der Waals surface area contributed by atoms with Crippen LogP contribution in [0.15, 0.2) is 60.8 Å². The molecule has 0 saturated heterocycles. The molecule has 1 saturated carbocycles. The number of benzene rings is 2. The Bertz CT molecular complexity index is 1180. The summed E-state index contributed by atoms with van der Waals surface area (Å²) < 4.78 is 39.5. The zero-order valence-electron chi connectivity index (χ0n) is 19.4. The Kier molecular flexibility index (Phi) is 7.65. The van der Waals surface area contributed by atoms with Gasteiger partial charge in [-0.05, 0) is 60.9 Å². The van der Waals surface area contributed by atoms with Gasteiger partial charge in [0, 0.05) is 25.8 Å². The third-order valence-corrected chi connectivity index (χ3v) is 6.25. The number of amides is 1. The first-order valence-corrected chi connectivity index (χ1v) is 12.1. The van der Waals surface area contributed by atoms with Crippen molar-refractivity contribution in [3.05, 3.63) is 93.6 Å². The molecule has 4 rings (SSSR count). The summed E-state index contributed by atoms with van der Waals surface area (Å²) in [7, 11) is 0. The van der Waals surface area contributed by atoms with E-state index >= 15 is 0 Å². The number of carbonyl (C=O) groups is 1. The van der Waals surface area contributed by atoms with Crippen LogP contribution in [-0.4, -0.2) is 28.9 Å². The largest absolute Gasteiger partial charge is 0.416 e. The molecule has 1 aromatic heterocycles. The molecular weight excluding hydrogens is 475 g/mol. The maximum absolute atomic E-state index is 13.6. The Morgan fingerprint density at radius 2 is 1.86 bits per heavy atom. The smallest absolute Gasteiger partial charge is 0.370 e. The molecular formula is C27H27ClF3N3O. The predicted molar refractivity (Wildman–Crippen MR) is 132 cm³/mol. The van der Waals surface area contributed by atoms with E-state index in [9.17, 15) is 18.0 Å². The van der Waals surface area contributed by atoms with Crippen LogP contribution in [-0.2, 0) is 19.1 Å². The molecule has 0 bridgehead atoms. The number of nitrogens with zero attached hydrogens (tertiary/aromatic N) is 2. The number of carbonyl (C=O) groups excluding carboxylic acids is 1. The number of aromatic nitrogens is 1. The van der Waals surface area contributed by atoms with Crippen molar-refractivity contribution in [3.63, 3.8) is 0 Å². The van der Waals surface area contributed by atoms with Gasteiger partial charge in [-0.2, -0.15) is 13.2 Å². The molecule has 1 heterocycles. The average molecular weight is 502 g/mol. The minimum absolute atomic E-state index is 0.239. The average Bonchev–Trinajstić information content (AvgIpc) is 3.68. The zero-order chi connectivity index (χ0) is 25.0. The maximum Gasteiger partial charge on any atom is 0.416 e. The molecule has 2 aromatic carbocycles. The third kappa shape index (κ3) is 6.54. The maximum atomic E-state index is 13.6. The molecule has 184 valence electrons. The Balaban J connectivity index is 1.59. The van der Waals surface area contributed by atoms with E-state index in [-0.39, 0.29) is 18.9 Å². The number of alkyl halides is 3. The number of hydrogen-bond donors (Lipinski definition) is 1. The first-order valence-electron chi connectivity index (χ1n) is 11.7. The number of nitrogens with one attached hydrogen (secondary N) is 1. The third-order valence-electron chi connectivity index (χ3n) is 6.04. The molecule has 1 aliphatic rings. The van der Waals surface area contributed by atoms with Gasteiger partial charge in [-0.25, -0.2) is 4.98 Å². The van der Waals surface area contributed by atoms with E-state index < -0.39 is 11.7 Å². The molecule has 1 aliphatic carbocycles. The summed E-state index contributed by atoms with van der Waals surface area (Å²) in [4.78, 5) is 19.5. The summed E-state index contributed by atoms with van der Waals surface area (Å²) in [6.07, 6.45) is -0.256. The van der Waals surface area contributed by atoms with Crippen molar-refractivity contribution in [1.29, 1.82) is 0 Å². The van der Waals surface area contributed by atoms with Crippen LogP contribution in [0.5, 0.6) is 0 Å². The van der Waals surface area contributed by atoms with Gasteiger partial charge in [0.2, 0.25) is 0 Å². The molecule has 0 spiro atoms. The van der Waals surface area contributed by atoms with Crippen molar-refractivity contribution in [2.24, 2.45) is 0 Å². The summed E-state index contributed by atoms with van der Waals surface area (Å²) in [5.41, 5.74) is 2.39. The van der Waals surface area contributed by atoms with E-state index in [1.54, 1.807) is 17.0 Å². The van der Waals surface area contributed by atoms with Crippen LogP contribution in [0.4, 0.5) is 19.0 Å². The number of halogens is 4. The van der Waals surface area contributed by atoms with Crippen LogP contribution < -0.4 is 5.32 Å².